The SMILES string of the molecule is CCc1cc2c(N3CCC(C(=O)[O-])CC3)nc(C)nc2s1. The first-order chi connectivity index (χ1) is 10.1. The number of rotatable bonds is 3. The first kappa shape index (κ1) is 14.3. The maximum atomic E-state index is 11.0. The van der Waals surface area contributed by atoms with Crippen molar-refractivity contribution in [2.24, 2.45) is 5.92 Å². The molecule has 2 aromatic rings. The second-order valence-corrected chi connectivity index (χ2v) is 6.58. The quantitative estimate of drug-likeness (QED) is 0.860. The highest BCUT2D eigenvalue weighted by Gasteiger charge is 2.23. The van der Waals surface area contributed by atoms with Gasteiger partial charge in [-0.25, -0.2) is 9.97 Å². The summed E-state index contributed by atoms with van der Waals surface area (Å²) >= 11 is 1.71. The highest BCUT2D eigenvalue weighted by Crippen LogP contribution is 2.33. The number of carbonyl (C=O) groups is 1. The van der Waals surface area contributed by atoms with Gasteiger partial charge in [0, 0.05) is 29.9 Å². The average molecular weight is 304 g/mol. The lowest BCUT2D eigenvalue weighted by atomic mass is 9.97. The van der Waals surface area contributed by atoms with Gasteiger partial charge in [0.2, 0.25) is 0 Å². The van der Waals surface area contributed by atoms with E-state index in [-0.39, 0.29) is 5.92 Å². The van der Waals surface area contributed by atoms with Crippen LogP contribution in [0, 0.1) is 12.8 Å². The standard InChI is InChI=1S/C15H19N3O2S/c1-3-11-8-12-13(16-9(2)17-14(12)21-11)18-6-4-10(5-7-18)15(19)20/h8,10H,3-7H2,1-2H3,(H,19,20)/p-1. The molecular formula is C15H18N3O2S-. The average Bonchev–Trinajstić information content (AvgIpc) is 2.89. The fourth-order valence-electron chi connectivity index (χ4n) is 2.80. The van der Waals surface area contributed by atoms with E-state index in [9.17, 15) is 9.90 Å². The first-order valence-corrected chi connectivity index (χ1v) is 8.13. The van der Waals surface area contributed by atoms with Crippen molar-refractivity contribution in [2.75, 3.05) is 18.0 Å². The highest BCUT2D eigenvalue weighted by molar-refractivity contribution is 7.18. The second-order valence-electron chi connectivity index (χ2n) is 5.46. The number of fused-ring (bicyclic) bond motifs is 1. The lowest BCUT2D eigenvalue weighted by Gasteiger charge is -2.33. The summed E-state index contributed by atoms with van der Waals surface area (Å²) in [5.41, 5.74) is 0. The number of carboxylic acids is 1. The Morgan fingerprint density at radius 1 is 1.43 bits per heavy atom. The van der Waals surface area contributed by atoms with E-state index in [2.05, 4.69) is 27.9 Å². The Hall–Kier alpha value is -1.69. The lowest BCUT2D eigenvalue weighted by Crippen LogP contribution is -2.41. The van der Waals surface area contributed by atoms with E-state index in [4.69, 9.17) is 0 Å². The number of aromatic nitrogens is 2. The summed E-state index contributed by atoms with van der Waals surface area (Å²) in [4.78, 5) is 24.6. The van der Waals surface area contributed by atoms with Gasteiger partial charge < -0.3 is 14.8 Å². The van der Waals surface area contributed by atoms with Gasteiger partial charge in [-0.05, 0) is 32.3 Å². The summed E-state index contributed by atoms with van der Waals surface area (Å²) in [6, 6.07) is 2.17. The van der Waals surface area contributed by atoms with Crippen LogP contribution in [0.4, 0.5) is 5.82 Å². The van der Waals surface area contributed by atoms with Crippen LogP contribution in [0.25, 0.3) is 10.2 Å². The van der Waals surface area contributed by atoms with E-state index in [0.717, 1.165) is 28.3 Å². The van der Waals surface area contributed by atoms with Crippen molar-refractivity contribution in [3.8, 4) is 0 Å². The summed E-state index contributed by atoms with van der Waals surface area (Å²) in [6.07, 6.45) is 2.24. The minimum Gasteiger partial charge on any atom is -0.550 e. The van der Waals surface area contributed by atoms with Gasteiger partial charge in [0.15, 0.2) is 0 Å². The van der Waals surface area contributed by atoms with Gasteiger partial charge in [0.1, 0.15) is 16.5 Å². The molecule has 2 aromatic heterocycles. The summed E-state index contributed by atoms with van der Waals surface area (Å²) in [5, 5.41) is 12.0. The molecule has 21 heavy (non-hydrogen) atoms. The molecule has 0 saturated carbocycles. The summed E-state index contributed by atoms with van der Waals surface area (Å²) < 4.78 is 0. The van der Waals surface area contributed by atoms with Crippen molar-refractivity contribution < 1.29 is 9.90 Å². The van der Waals surface area contributed by atoms with Crippen LogP contribution in [0.5, 0.6) is 0 Å². The number of piperidine rings is 1. The third-order valence-corrected chi connectivity index (χ3v) is 5.19. The van der Waals surface area contributed by atoms with Crippen molar-refractivity contribution >= 4 is 33.3 Å². The zero-order valence-corrected chi connectivity index (χ0v) is 13.1. The van der Waals surface area contributed by atoms with Gasteiger partial charge in [-0.1, -0.05) is 6.92 Å². The number of anilines is 1. The normalized spacial score (nSPS) is 16.6. The van der Waals surface area contributed by atoms with Crippen LogP contribution in [0.1, 0.15) is 30.5 Å². The molecule has 0 unspecified atom stereocenters. The molecule has 1 aliphatic heterocycles. The van der Waals surface area contributed by atoms with Gasteiger partial charge in [-0.3, -0.25) is 0 Å². The maximum absolute atomic E-state index is 11.0. The van der Waals surface area contributed by atoms with Crippen molar-refractivity contribution in [2.45, 2.75) is 33.1 Å². The Balaban J connectivity index is 1.93. The number of nitrogens with zero attached hydrogens (tertiary/aromatic N) is 3. The maximum Gasteiger partial charge on any atom is 0.141 e. The van der Waals surface area contributed by atoms with Gasteiger partial charge in [0.05, 0.1) is 5.39 Å². The molecule has 0 spiro atoms. The first-order valence-electron chi connectivity index (χ1n) is 7.31. The molecule has 6 heteroatoms. The molecule has 0 amide bonds. The zero-order chi connectivity index (χ0) is 15.0. The Labute approximate surface area is 127 Å². The fourth-order valence-corrected chi connectivity index (χ4v) is 3.81. The third-order valence-electron chi connectivity index (χ3n) is 4.01. The highest BCUT2D eigenvalue weighted by atomic mass is 32.1. The predicted molar refractivity (Wildman–Crippen MR) is 81.5 cm³/mol. The monoisotopic (exact) mass is 304 g/mol. The molecule has 0 atom stereocenters. The lowest BCUT2D eigenvalue weighted by molar-refractivity contribution is -0.312. The number of hydrogen-bond donors (Lipinski definition) is 0. The Kier molecular flexibility index (Phi) is 3.80. The van der Waals surface area contributed by atoms with Crippen LogP contribution in [-0.2, 0) is 11.2 Å². The number of carboxylic acid groups (broad SMARTS) is 1. The minimum absolute atomic E-state index is 0.326. The molecule has 3 rings (SSSR count). The van der Waals surface area contributed by atoms with E-state index in [1.165, 1.54) is 4.88 Å². The van der Waals surface area contributed by atoms with E-state index in [0.29, 0.717) is 25.9 Å². The molecule has 112 valence electrons. The number of carbonyl (C=O) groups excluding carboxylic acids is 1. The van der Waals surface area contributed by atoms with Crippen LogP contribution < -0.4 is 10.0 Å². The van der Waals surface area contributed by atoms with Gasteiger partial charge in [-0.15, -0.1) is 11.3 Å². The molecule has 0 aromatic carbocycles. The van der Waals surface area contributed by atoms with E-state index in [1.54, 1.807) is 11.3 Å². The zero-order valence-electron chi connectivity index (χ0n) is 12.3. The molecule has 0 bridgehead atoms. The predicted octanol–water partition coefficient (Wildman–Crippen LogP) is 1.53. The topological polar surface area (TPSA) is 69.2 Å². The summed E-state index contributed by atoms with van der Waals surface area (Å²) in [7, 11) is 0. The molecule has 0 aliphatic carbocycles. The van der Waals surface area contributed by atoms with Crippen LogP contribution in [0.15, 0.2) is 6.07 Å². The Morgan fingerprint density at radius 2 is 2.14 bits per heavy atom. The van der Waals surface area contributed by atoms with E-state index >= 15 is 0 Å². The summed E-state index contributed by atoms with van der Waals surface area (Å²) in [6.45, 7) is 5.46. The number of aryl methyl sites for hydroxylation is 2. The molecule has 0 N–H and O–H groups in total. The van der Waals surface area contributed by atoms with E-state index < -0.39 is 5.97 Å². The van der Waals surface area contributed by atoms with Crippen LogP contribution in [0.3, 0.4) is 0 Å². The van der Waals surface area contributed by atoms with E-state index in [1.807, 2.05) is 6.92 Å². The van der Waals surface area contributed by atoms with Crippen LogP contribution in [-0.4, -0.2) is 29.0 Å². The number of thiophene rings is 1. The van der Waals surface area contributed by atoms with Crippen molar-refractivity contribution in [1.29, 1.82) is 0 Å². The molecule has 0 radical (unpaired) electrons. The Bertz CT molecular complexity index is 675. The second kappa shape index (κ2) is 5.60. The van der Waals surface area contributed by atoms with Gasteiger partial charge >= 0.3 is 0 Å². The molecule has 5 nitrogen and oxygen atoms in total. The van der Waals surface area contributed by atoms with Crippen LogP contribution in [0.2, 0.25) is 0 Å². The largest absolute Gasteiger partial charge is 0.550 e. The molecule has 1 aliphatic rings. The van der Waals surface area contributed by atoms with Crippen molar-refractivity contribution in [3.05, 3.63) is 16.8 Å². The van der Waals surface area contributed by atoms with Crippen LogP contribution >= 0.6 is 11.3 Å². The fraction of sp³-hybridized carbons (Fsp3) is 0.533. The van der Waals surface area contributed by atoms with Gasteiger partial charge in [-0.2, -0.15) is 0 Å². The molecule has 1 fully saturated rings. The number of aliphatic carboxylic acids is 1. The van der Waals surface area contributed by atoms with Gasteiger partial charge in [0.25, 0.3) is 0 Å². The smallest absolute Gasteiger partial charge is 0.141 e. The Morgan fingerprint density at radius 3 is 2.76 bits per heavy atom. The van der Waals surface area contributed by atoms with Crippen molar-refractivity contribution in [1.82, 2.24) is 9.97 Å². The molecule has 1 saturated heterocycles. The third kappa shape index (κ3) is 2.72. The summed E-state index contributed by atoms with van der Waals surface area (Å²) in [5.74, 6) is 0.463. The molecule has 3 heterocycles. The minimum atomic E-state index is -0.928. The van der Waals surface area contributed by atoms with Crippen molar-refractivity contribution in [3.63, 3.8) is 0 Å². The number of hydrogen-bond acceptors (Lipinski definition) is 6. The molecular weight excluding hydrogens is 286 g/mol.